The molecule has 1 heterocycles. The Kier molecular flexibility index (Phi) is 10.0. The van der Waals surface area contributed by atoms with Crippen LogP contribution in [0.25, 0.3) is 0 Å². The van der Waals surface area contributed by atoms with Gasteiger partial charge in [0.05, 0.1) is 11.9 Å². The molecule has 2 amide bonds. The lowest BCUT2D eigenvalue weighted by molar-refractivity contribution is -0.142. The van der Waals surface area contributed by atoms with Crippen molar-refractivity contribution in [2.45, 2.75) is 65.1 Å². The molecular formula is C33H41N3O6S. The maximum Gasteiger partial charge on any atom is 0.243 e. The van der Waals surface area contributed by atoms with Crippen LogP contribution in [0.15, 0.2) is 72.8 Å². The number of rotatable bonds is 12. The molecule has 0 unspecified atom stereocenters. The Hall–Kier alpha value is -4.05. The SMILES string of the molecule is Cc1ccccc1CN(C(=O)CCCN(c1ccc2c(c1)OCO2)S(C)(=O)=O)[C@@H](Cc1ccccc1)C(=O)NC(C)(C)C. The number of anilines is 1. The average Bonchev–Trinajstić information content (AvgIpc) is 3.41. The molecule has 0 aromatic heterocycles. The molecule has 3 aromatic carbocycles. The van der Waals surface area contributed by atoms with Gasteiger partial charge in [0.15, 0.2) is 11.5 Å². The van der Waals surface area contributed by atoms with Gasteiger partial charge in [-0.15, -0.1) is 0 Å². The van der Waals surface area contributed by atoms with Crippen LogP contribution in [0.2, 0.25) is 0 Å². The minimum absolute atomic E-state index is 0.0521. The zero-order valence-electron chi connectivity index (χ0n) is 25.5. The van der Waals surface area contributed by atoms with Crippen LogP contribution in [0.4, 0.5) is 5.69 Å². The van der Waals surface area contributed by atoms with E-state index in [9.17, 15) is 18.0 Å². The number of amides is 2. The molecule has 0 saturated carbocycles. The van der Waals surface area contributed by atoms with Crippen LogP contribution < -0.4 is 19.1 Å². The third-order valence-corrected chi connectivity index (χ3v) is 8.36. The smallest absolute Gasteiger partial charge is 0.243 e. The van der Waals surface area contributed by atoms with Gasteiger partial charge in [-0.3, -0.25) is 13.9 Å². The van der Waals surface area contributed by atoms with E-state index in [0.717, 1.165) is 22.9 Å². The van der Waals surface area contributed by atoms with Crippen LogP contribution in [0, 0.1) is 6.92 Å². The van der Waals surface area contributed by atoms with Gasteiger partial charge in [-0.25, -0.2) is 8.42 Å². The number of ether oxygens (including phenoxy) is 2. The zero-order valence-corrected chi connectivity index (χ0v) is 26.3. The van der Waals surface area contributed by atoms with Crippen molar-refractivity contribution in [1.82, 2.24) is 10.2 Å². The number of nitrogens with zero attached hydrogens (tertiary/aromatic N) is 2. The van der Waals surface area contributed by atoms with Gasteiger partial charge >= 0.3 is 0 Å². The van der Waals surface area contributed by atoms with E-state index in [1.54, 1.807) is 23.1 Å². The third kappa shape index (κ3) is 8.73. The summed E-state index contributed by atoms with van der Waals surface area (Å²) in [6.45, 7) is 8.12. The fourth-order valence-corrected chi connectivity index (χ4v) is 5.98. The molecule has 1 atom stereocenters. The second-order valence-electron chi connectivity index (χ2n) is 11.9. The molecule has 0 fully saturated rings. The second kappa shape index (κ2) is 13.5. The minimum atomic E-state index is -3.65. The van der Waals surface area contributed by atoms with Crippen LogP contribution in [-0.4, -0.2) is 56.3 Å². The number of aryl methyl sites for hydroxylation is 1. The molecule has 1 N–H and O–H groups in total. The lowest BCUT2D eigenvalue weighted by atomic mass is 9.99. The van der Waals surface area contributed by atoms with Gasteiger partial charge < -0.3 is 19.7 Å². The topological polar surface area (TPSA) is 105 Å². The molecule has 1 aliphatic heterocycles. The standard InChI is InChI=1S/C33H41N3O6S/c1-24-12-9-10-15-26(24)22-35(28(32(38)34-33(2,3)4)20-25-13-7-6-8-14-25)31(37)16-11-19-36(43(5,39)40)27-17-18-29-30(21-27)42-23-41-29/h6-10,12-15,17-18,21,28H,11,16,19-20,22-23H2,1-5H3,(H,34,38)/t28-/m0/s1. The minimum Gasteiger partial charge on any atom is -0.454 e. The lowest BCUT2D eigenvalue weighted by Crippen LogP contribution is -2.54. The van der Waals surface area contributed by atoms with Gasteiger partial charge in [-0.05, 0) is 62.9 Å². The van der Waals surface area contributed by atoms with Crippen LogP contribution in [0.1, 0.15) is 50.3 Å². The predicted octanol–water partition coefficient (Wildman–Crippen LogP) is 4.82. The van der Waals surface area contributed by atoms with E-state index in [4.69, 9.17) is 9.47 Å². The van der Waals surface area contributed by atoms with Crippen molar-refractivity contribution in [1.29, 1.82) is 0 Å². The summed E-state index contributed by atoms with van der Waals surface area (Å²) >= 11 is 0. The quantitative estimate of drug-likeness (QED) is 0.317. The lowest BCUT2D eigenvalue weighted by Gasteiger charge is -2.34. The summed E-state index contributed by atoms with van der Waals surface area (Å²) in [5, 5.41) is 3.07. The second-order valence-corrected chi connectivity index (χ2v) is 13.8. The summed E-state index contributed by atoms with van der Waals surface area (Å²) in [4.78, 5) is 29.4. The first-order valence-corrected chi connectivity index (χ1v) is 16.2. The molecule has 0 saturated heterocycles. The van der Waals surface area contributed by atoms with E-state index in [1.165, 1.54) is 4.31 Å². The normalized spacial score (nSPS) is 13.3. The number of benzene rings is 3. The summed E-state index contributed by atoms with van der Waals surface area (Å²) in [6, 6.07) is 21.6. The molecule has 9 nitrogen and oxygen atoms in total. The van der Waals surface area contributed by atoms with Crippen LogP contribution >= 0.6 is 0 Å². The van der Waals surface area contributed by atoms with E-state index in [0.29, 0.717) is 23.6 Å². The van der Waals surface area contributed by atoms with E-state index in [2.05, 4.69) is 5.32 Å². The Labute approximate surface area is 254 Å². The maximum absolute atomic E-state index is 14.0. The average molecular weight is 608 g/mol. The number of carbonyl (C=O) groups excluding carboxylic acids is 2. The van der Waals surface area contributed by atoms with Gasteiger partial charge in [-0.2, -0.15) is 0 Å². The van der Waals surface area contributed by atoms with Gasteiger partial charge in [0.25, 0.3) is 0 Å². The van der Waals surface area contributed by atoms with E-state index in [1.807, 2.05) is 82.3 Å². The number of nitrogens with one attached hydrogen (secondary N) is 1. The van der Waals surface area contributed by atoms with Crippen molar-refractivity contribution in [2.75, 3.05) is 23.9 Å². The van der Waals surface area contributed by atoms with Crippen LogP contribution in [-0.2, 0) is 32.6 Å². The first-order chi connectivity index (χ1) is 20.3. The molecule has 43 heavy (non-hydrogen) atoms. The molecule has 0 aliphatic carbocycles. The molecule has 0 spiro atoms. The number of hydrogen-bond donors (Lipinski definition) is 1. The Morgan fingerprint density at radius 1 is 0.953 bits per heavy atom. The summed E-state index contributed by atoms with van der Waals surface area (Å²) in [7, 11) is -3.65. The van der Waals surface area contributed by atoms with Gasteiger partial charge in [-0.1, -0.05) is 54.6 Å². The molecule has 230 valence electrons. The largest absolute Gasteiger partial charge is 0.454 e. The summed E-state index contributed by atoms with van der Waals surface area (Å²) in [5.74, 6) is 0.557. The highest BCUT2D eigenvalue weighted by Gasteiger charge is 2.32. The van der Waals surface area contributed by atoms with Crippen molar-refractivity contribution >= 4 is 27.5 Å². The Morgan fingerprint density at radius 2 is 1.63 bits per heavy atom. The molecule has 0 radical (unpaired) electrons. The number of sulfonamides is 1. The highest BCUT2D eigenvalue weighted by atomic mass is 32.2. The summed E-state index contributed by atoms with van der Waals surface area (Å²) < 4.78 is 37.6. The Morgan fingerprint density at radius 3 is 2.30 bits per heavy atom. The molecule has 1 aliphatic rings. The Bertz CT molecular complexity index is 1540. The predicted molar refractivity (Wildman–Crippen MR) is 168 cm³/mol. The van der Waals surface area contributed by atoms with Gasteiger partial charge in [0.1, 0.15) is 6.04 Å². The molecular weight excluding hydrogens is 566 g/mol. The highest BCUT2D eigenvalue weighted by molar-refractivity contribution is 7.92. The van der Waals surface area contributed by atoms with Crippen molar-refractivity contribution in [2.24, 2.45) is 0 Å². The fraction of sp³-hybridized carbons (Fsp3) is 0.394. The van der Waals surface area contributed by atoms with Crippen LogP contribution in [0.5, 0.6) is 11.5 Å². The van der Waals surface area contributed by atoms with E-state index in [-0.39, 0.29) is 44.5 Å². The Balaban J connectivity index is 1.60. The number of hydrogen-bond acceptors (Lipinski definition) is 6. The highest BCUT2D eigenvalue weighted by Crippen LogP contribution is 2.36. The fourth-order valence-electron chi connectivity index (χ4n) is 5.02. The monoisotopic (exact) mass is 607 g/mol. The summed E-state index contributed by atoms with van der Waals surface area (Å²) in [6.07, 6.45) is 1.78. The number of fused-ring (bicyclic) bond motifs is 1. The molecule has 10 heteroatoms. The molecule has 4 rings (SSSR count). The van der Waals surface area contributed by atoms with E-state index >= 15 is 0 Å². The van der Waals surface area contributed by atoms with Crippen LogP contribution in [0.3, 0.4) is 0 Å². The van der Waals surface area contributed by atoms with Gasteiger partial charge in [0.2, 0.25) is 28.6 Å². The summed E-state index contributed by atoms with van der Waals surface area (Å²) in [5.41, 5.74) is 2.83. The number of carbonyl (C=O) groups is 2. The van der Waals surface area contributed by atoms with Crippen molar-refractivity contribution < 1.29 is 27.5 Å². The maximum atomic E-state index is 14.0. The van der Waals surface area contributed by atoms with Crippen molar-refractivity contribution in [3.05, 3.63) is 89.5 Å². The molecule has 0 bridgehead atoms. The van der Waals surface area contributed by atoms with Gasteiger partial charge in [0, 0.05) is 37.5 Å². The first kappa shape index (κ1) is 31.9. The first-order valence-electron chi connectivity index (χ1n) is 14.4. The molecule has 3 aromatic rings. The van der Waals surface area contributed by atoms with E-state index < -0.39 is 21.6 Å². The third-order valence-electron chi connectivity index (χ3n) is 7.17. The van der Waals surface area contributed by atoms with Crippen molar-refractivity contribution in [3.63, 3.8) is 0 Å². The van der Waals surface area contributed by atoms with Crippen molar-refractivity contribution in [3.8, 4) is 11.5 Å². The zero-order chi connectivity index (χ0) is 31.2.